The summed E-state index contributed by atoms with van der Waals surface area (Å²) >= 11 is 1.73. The van der Waals surface area contributed by atoms with E-state index in [1.807, 2.05) is 0 Å². The number of hydrogen-bond donors (Lipinski definition) is 1. The summed E-state index contributed by atoms with van der Waals surface area (Å²) in [6.07, 6.45) is 6.93. The maximum atomic E-state index is 10.7. The lowest BCUT2D eigenvalue weighted by Gasteiger charge is -2.55. The first-order valence-electron chi connectivity index (χ1n) is 7.02. The molecule has 1 unspecified atom stereocenters. The Balaban J connectivity index is 1.62. The molecule has 17 heavy (non-hydrogen) atoms. The van der Waals surface area contributed by atoms with Crippen molar-refractivity contribution in [2.75, 3.05) is 0 Å². The molecule has 4 bridgehead atoms. The van der Waals surface area contributed by atoms with Gasteiger partial charge in [-0.3, -0.25) is 0 Å². The third-order valence-corrected chi connectivity index (χ3v) is 6.44. The van der Waals surface area contributed by atoms with Crippen LogP contribution in [0.4, 0.5) is 0 Å². The minimum atomic E-state index is -0.176. The van der Waals surface area contributed by atoms with E-state index in [9.17, 15) is 5.11 Å². The second kappa shape index (κ2) is 3.83. The molecule has 1 aromatic rings. The van der Waals surface area contributed by atoms with Crippen LogP contribution < -0.4 is 0 Å². The fraction of sp³-hybridized carbons (Fsp3) is 0.733. The summed E-state index contributed by atoms with van der Waals surface area (Å²) in [7, 11) is 0. The topological polar surface area (TPSA) is 20.2 Å². The first-order valence-corrected chi connectivity index (χ1v) is 7.90. The average molecular weight is 248 g/mol. The molecule has 0 amide bonds. The second-order valence-corrected chi connectivity index (χ2v) is 7.45. The molecule has 2 heteroatoms. The third-order valence-electron chi connectivity index (χ3n) is 5.50. The molecule has 4 aliphatic rings. The predicted octanol–water partition coefficient (Wildman–Crippen LogP) is 3.85. The van der Waals surface area contributed by atoms with Crippen LogP contribution in [0.3, 0.4) is 0 Å². The van der Waals surface area contributed by atoms with Gasteiger partial charge in [-0.05, 0) is 73.1 Å². The zero-order chi connectivity index (χ0) is 11.4. The van der Waals surface area contributed by atoms with Crippen molar-refractivity contribution in [3.63, 3.8) is 0 Å². The Morgan fingerprint density at radius 3 is 2.24 bits per heavy atom. The van der Waals surface area contributed by atoms with Crippen molar-refractivity contribution in [2.45, 2.75) is 38.2 Å². The number of rotatable bonds is 2. The lowest BCUT2D eigenvalue weighted by atomic mass is 9.51. The molecule has 1 heterocycles. The number of hydrogen-bond acceptors (Lipinski definition) is 2. The second-order valence-electron chi connectivity index (χ2n) is 6.47. The maximum absolute atomic E-state index is 10.7. The summed E-state index contributed by atoms with van der Waals surface area (Å²) < 4.78 is 0. The van der Waals surface area contributed by atoms with Crippen LogP contribution in [0.1, 0.15) is 43.1 Å². The van der Waals surface area contributed by atoms with Gasteiger partial charge in [-0.25, -0.2) is 0 Å². The van der Waals surface area contributed by atoms with Crippen LogP contribution in [-0.2, 0) is 0 Å². The van der Waals surface area contributed by atoms with Gasteiger partial charge in [0.25, 0.3) is 0 Å². The van der Waals surface area contributed by atoms with Crippen LogP contribution in [-0.4, -0.2) is 5.11 Å². The van der Waals surface area contributed by atoms with Crippen LogP contribution in [0, 0.1) is 29.6 Å². The van der Waals surface area contributed by atoms with Crippen molar-refractivity contribution < 1.29 is 5.11 Å². The molecule has 0 radical (unpaired) electrons. The quantitative estimate of drug-likeness (QED) is 0.842. The smallest absolute Gasteiger partial charge is 0.0915 e. The van der Waals surface area contributed by atoms with Crippen LogP contribution in [0.15, 0.2) is 17.5 Å². The fourth-order valence-corrected chi connectivity index (χ4v) is 5.90. The standard InChI is InChI=1S/C15H20OS/c16-15(13-2-1-3-17-13)14-11-5-9-4-10(7-11)8-12(14)6-9/h1-3,9-12,14-16H,4-8H2. The monoisotopic (exact) mass is 248 g/mol. The Morgan fingerprint density at radius 2 is 1.71 bits per heavy atom. The first kappa shape index (κ1) is 10.6. The summed E-state index contributed by atoms with van der Waals surface area (Å²) in [5.41, 5.74) is 0. The van der Waals surface area contributed by atoms with E-state index >= 15 is 0 Å². The Labute approximate surface area is 107 Å². The molecule has 0 aliphatic heterocycles. The van der Waals surface area contributed by atoms with E-state index in [1.54, 1.807) is 11.3 Å². The molecule has 4 aliphatic carbocycles. The molecule has 92 valence electrons. The summed E-state index contributed by atoms with van der Waals surface area (Å²) in [6.45, 7) is 0. The van der Waals surface area contributed by atoms with E-state index < -0.39 is 0 Å². The Morgan fingerprint density at radius 1 is 1.06 bits per heavy atom. The van der Waals surface area contributed by atoms with Gasteiger partial charge in [-0.2, -0.15) is 0 Å². The third kappa shape index (κ3) is 1.61. The van der Waals surface area contributed by atoms with Gasteiger partial charge >= 0.3 is 0 Å². The fourth-order valence-electron chi connectivity index (χ4n) is 5.13. The summed E-state index contributed by atoms with van der Waals surface area (Å²) in [5.74, 6) is 4.22. The van der Waals surface area contributed by atoms with Crippen molar-refractivity contribution in [2.24, 2.45) is 29.6 Å². The molecule has 1 nitrogen and oxygen atoms in total. The number of thiophene rings is 1. The van der Waals surface area contributed by atoms with Gasteiger partial charge in [0.05, 0.1) is 6.10 Å². The lowest BCUT2D eigenvalue weighted by molar-refractivity contribution is -0.0898. The molecule has 0 saturated heterocycles. The van der Waals surface area contributed by atoms with E-state index in [0.717, 1.165) is 23.7 Å². The molecule has 4 saturated carbocycles. The van der Waals surface area contributed by atoms with Crippen LogP contribution >= 0.6 is 11.3 Å². The largest absolute Gasteiger partial charge is 0.387 e. The molecular weight excluding hydrogens is 228 g/mol. The highest BCUT2D eigenvalue weighted by atomic mass is 32.1. The predicted molar refractivity (Wildman–Crippen MR) is 69.8 cm³/mol. The van der Waals surface area contributed by atoms with E-state index in [1.165, 1.54) is 37.0 Å². The van der Waals surface area contributed by atoms with Gasteiger partial charge in [-0.15, -0.1) is 11.3 Å². The molecule has 0 spiro atoms. The van der Waals surface area contributed by atoms with E-state index in [0.29, 0.717) is 5.92 Å². The highest BCUT2D eigenvalue weighted by molar-refractivity contribution is 7.10. The van der Waals surface area contributed by atoms with E-state index in [-0.39, 0.29) is 6.10 Å². The molecule has 5 rings (SSSR count). The van der Waals surface area contributed by atoms with Gasteiger partial charge in [0.1, 0.15) is 0 Å². The minimum Gasteiger partial charge on any atom is -0.387 e. The van der Waals surface area contributed by atoms with Gasteiger partial charge < -0.3 is 5.11 Å². The van der Waals surface area contributed by atoms with E-state index in [4.69, 9.17) is 0 Å². The van der Waals surface area contributed by atoms with Crippen LogP contribution in [0.2, 0.25) is 0 Å². The van der Waals surface area contributed by atoms with Crippen molar-refractivity contribution in [3.05, 3.63) is 22.4 Å². The molecule has 1 atom stereocenters. The van der Waals surface area contributed by atoms with Gasteiger partial charge in [0.15, 0.2) is 0 Å². The average Bonchev–Trinajstić information content (AvgIpc) is 2.80. The van der Waals surface area contributed by atoms with Gasteiger partial charge in [0, 0.05) is 4.88 Å². The highest BCUT2D eigenvalue weighted by Gasteiger charge is 2.50. The normalized spacial score (nSPS) is 45.1. The van der Waals surface area contributed by atoms with E-state index in [2.05, 4.69) is 17.5 Å². The minimum absolute atomic E-state index is 0.176. The van der Waals surface area contributed by atoms with Crippen molar-refractivity contribution >= 4 is 11.3 Å². The summed E-state index contributed by atoms with van der Waals surface area (Å²) in [5, 5.41) is 12.7. The Kier molecular flexibility index (Phi) is 2.38. The van der Waals surface area contributed by atoms with Crippen LogP contribution in [0.25, 0.3) is 0 Å². The molecule has 1 aromatic heterocycles. The van der Waals surface area contributed by atoms with Crippen molar-refractivity contribution in [3.8, 4) is 0 Å². The molecule has 1 N–H and O–H groups in total. The Bertz CT molecular complexity index is 369. The summed E-state index contributed by atoms with van der Waals surface area (Å²) in [4.78, 5) is 1.20. The van der Waals surface area contributed by atoms with Crippen LogP contribution in [0.5, 0.6) is 0 Å². The Hall–Kier alpha value is -0.340. The zero-order valence-corrected chi connectivity index (χ0v) is 10.9. The van der Waals surface area contributed by atoms with Gasteiger partial charge in [-0.1, -0.05) is 6.07 Å². The van der Waals surface area contributed by atoms with Gasteiger partial charge in [0.2, 0.25) is 0 Å². The van der Waals surface area contributed by atoms with Crippen molar-refractivity contribution in [1.82, 2.24) is 0 Å². The number of aliphatic hydroxyl groups excluding tert-OH is 1. The number of aliphatic hydroxyl groups is 1. The highest BCUT2D eigenvalue weighted by Crippen LogP contribution is 2.59. The first-order chi connectivity index (χ1) is 8.31. The lowest BCUT2D eigenvalue weighted by Crippen LogP contribution is -2.47. The SMILES string of the molecule is OC(c1cccs1)C1C2CC3CC(C2)CC1C3. The van der Waals surface area contributed by atoms with Crippen molar-refractivity contribution in [1.29, 1.82) is 0 Å². The molecule has 4 fully saturated rings. The maximum Gasteiger partial charge on any atom is 0.0915 e. The summed E-state index contributed by atoms with van der Waals surface area (Å²) in [6, 6.07) is 4.18. The molecule has 0 aromatic carbocycles. The zero-order valence-electron chi connectivity index (χ0n) is 10.1. The molecular formula is C15H20OS.